The van der Waals surface area contributed by atoms with Crippen molar-refractivity contribution in [3.63, 3.8) is 0 Å². The van der Waals surface area contributed by atoms with E-state index in [4.69, 9.17) is 9.47 Å². The summed E-state index contributed by atoms with van der Waals surface area (Å²) in [5, 5.41) is 5.07. The molecule has 1 aliphatic rings. The number of anilines is 2. The van der Waals surface area contributed by atoms with Crippen molar-refractivity contribution >= 4 is 35.3 Å². The monoisotopic (exact) mass is 405 g/mol. The van der Waals surface area contributed by atoms with Crippen LogP contribution in [-0.2, 0) is 30.3 Å². The maximum Gasteiger partial charge on any atom is 0.408 e. The molecule has 1 aliphatic heterocycles. The van der Waals surface area contributed by atoms with Gasteiger partial charge in [-0.3, -0.25) is 14.5 Å². The molecular weight excluding hydrogens is 378 g/mol. The van der Waals surface area contributed by atoms with Gasteiger partial charge in [-0.25, -0.2) is 9.59 Å². The summed E-state index contributed by atoms with van der Waals surface area (Å²) < 4.78 is 10.2. The maximum atomic E-state index is 12.9. The number of esters is 1. The molecule has 9 heteroatoms. The van der Waals surface area contributed by atoms with Crippen LogP contribution in [0.4, 0.5) is 16.2 Å². The Morgan fingerprint density at radius 1 is 1.21 bits per heavy atom. The average Bonchev–Trinajstić information content (AvgIpc) is 2.97. The number of carbonyl (C=O) groups is 4. The fourth-order valence-electron chi connectivity index (χ4n) is 2.99. The molecule has 2 rings (SSSR count). The molecule has 2 N–H and O–H groups in total. The van der Waals surface area contributed by atoms with Crippen LogP contribution >= 0.6 is 0 Å². The number of rotatable bonds is 5. The van der Waals surface area contributed by atoms with Crippen LogP contribution in [0, 0.1) is 0 Å². The molecular formula is C20H27N3O6. The predicted molar refractivity (Wildman–Crippen MR) is 107 cm³/mol. The summed E-state index contributed by atoms with van der Waals surface area (Å²) in [6.07, 6.45) is -0.447. The molecule has 1 aromatic carbocycles. The molecule has 1 atom stereocenters. The summed E-state index contributed by atoms with van der Waals surface area (Å²) in [4.78, 5) is 49.8. The van der Waals surface area contributed by atoms with Gasteiger partial charge in [0.25, 0.3) is 0 Å². The van der Waals surface area contributed by atoms with E-state index in [-0.39, 0.29) is 25.5 Å². The van der Waals surface area contributed by atoms with Gasteiger partial charge in [0.2, 0.25) is 11.8 Å². The molecule has 0 aromatic heterocycles. The summed E-state index contributed by atoms with van der Waals surface area (Å²) in [5.74, 6) is -1.28. The highest BCUT2D eigenvalue weighted by atomic mass is 16.6. The molecule has 0 aliphatic carbocycles. The second-order valence-electron chi connectivity index (χ2n) is 7.62. The molecule has 1 aromatic rings. The van der Waals surface area contributed by atoms with Gasteiger partial charge < -0.3 is 20.1 Å². The second-order valence-corrected chi connectivity index (χ2v) is 7.62. The zero-order valence-electron chi connectivity index (χ0n) is 17.3. The smallest absolute Gasteiger partial charge is 0.408 e. The Balaban J connectivity index is 2.24. The van der Waals surface area contributed by atoms with Crippen molar-refractivity contribution < 1.29 is 28.7 Å². The SMILES string of the molecule is CCOC(=O)[C@@H]1Cc2ccc(NC(C)=O)cc2N1C(=O)CNC(=O)OC(C)(C)C. The summed E-state index contributed by atoms with van der Waals surface area (Å²) in [6, 6.07) is 4.24. The van der Waals surface area contributed by atoms with Crippen molar-refractivity contribution in [3.05, 3.63) is 23.8 Å². The van der Waals surface area contributed by atoms with Crippen molar-refractivity contribution in [2.75, 3.05) is 23.4 Å². The maximum absolute atomic E-state index is 12.9. The molecule has 3 amide bonds. The van der Waals surface area contributed by atoms with Crippen LogP contribution in [0.5, 0.6) is 0 Å². The largest absolute Gasteiger partial charge is 0.464 e. The van der Waals surface area contributed by atoms with Crippen LogP contribution in [0.2, 0.25) is 0 Å². The lowest BCUT2D eigenvalue weighted by Crippen LogP contribution is -2.48. The Kier molecular flexibility index (Phi) is 6.84. The average molecular weight is 405 g/mol. The number of hydrogen-bond donors (Lipinski definition) is 2. The quantitative estimate of drug-likeness (QED) is 0.724. The lowest BCUT2D eigenvalue weighted by molar-refractivity contribution is -0.145. The number of nitrogens with one attached hydrogen (secondary N) is 2. The minimum atomic E-state index is -0.842. The molecule has 0 radical (unpaired) electrons. The fourth-order valence-corrected chi connectivity index (χ4v) is 2.99. The summed E-state index contributed by atoms with van der Waals surface area (Å²) >= 11 is 0. The van der Waals surface area contributed by atoms with Crippen LogP contribution in [0.25, 0.3) is 0 Å². The lowest BCUT2D eigenvalue weighted by atomic mass is 10.1. The van der Waals surface area contributed by atoms with Crippen LogP contribution in [0.1, 0.15) is 40.2 Å². The first kappa shape index (κ1) is 22.2. The normalized spacial score (nSPS) is 15.3. The number of benzene rings is 1. The second kappa shape index (κ2) is 8.93. The van der Waals surface area contributed by atoms with E-state index in [0.29, 0.717) is 11.4 Å². The Bertz CT molecular complexity index is 815. The first-order chi connectivity index (χ1) is 13.5. The molecule has 1 heterocycles. The van der Waals surface area contributed by atoms with Gasteiger partial charge in [0.1, 0.15) is 18.2 Å². The Labute approximate surface area is 169 Å². The molecule has 0 fully saturated rings. The fraction of sp³-hybridized carbons (Fsp3) is 0.500. The first-order valence-electron chi connectivity index (χ1n) is 9.38. The van der Waals surface area contributed by atoms with Gasteiger partial charge in [-0.15, -0.1) is 0 Å². The van der Waals surface area contributed by atoms with Gasteiger partial charge in [0.05, 0.1) is 12.3 Å². The van der Waals surface area contributed by atoms with Gasteiger partial charge in [0.15, 0.2) is 0 Å². The lowest BCUT2D eigenvalue weighted by Gasteiger charge is -2.25. The van der Waals surface area contributed by atoms with E-state index in [1.807, 2.05) is 0 Å². The number of amides is 3. The number of hydrogen-bond acceptors (Lipinski definition) is 6. The van der Waals surface area contributed by atoms with E-state index < -0.39 is 29.6 Å². The minimum absolute atomic E-state index is 0.182. The molecule has 158 valence electrons. The van der Waals surface area contributed by atoms with E-state index in [1.54, 1.807) is 45.9 Å². The minimum Gasteiger partial charge on any atom is -0.464 e. The van der Waals surface area contributed by atoms with Crippen molar-refractivity contribution in [2.45, 2.75) is 52.7 Å². The van der Waals surface area contributed by atoms with E-state index in [9.17, 15) is 19.2 Å². The third kappa shape index (κ3) is 5.94. The molecule has 0 spiro atoms. The number of nitrogens with zero attached hydrogens (tertiary/aromatic N) is 1. The summed E-state index contributed by atoms with van der Waals surface area (Å²) in [6.45, 7) is 8.03. The molecule has 0 saturated heterocycles. The van der Waals surface area contributed by atoms with Gasteiger partial charge in [-0.2, -0.15) is 0 Å². The Morgan fingerprint density at radius 3 is 2.48 bits per heavy atom. The molecule has 29 heavy (non-hydrogen) atoms. The van der Waals surface area contributed by atoms with Crippen LogP contribution in [0.3, 0.4) is 0 Å². The molecule has 0 unspecified atom stereocenters. The molecule has 9 nitrogen and oxygen atoms in total. The van der Waals surface area contributed by atoms with Crippen LogP contribution in [-0.4, -0.2) is 48.7 Å². The zero-order chi connectivity index (χ0) is 21.8. The van der Waals surface area contributed by atoms with E-state index in [2.05, 4.69) is 10.6 Å². The molecule has 0 bridgehead atoms. The summed E-state index contributed by atoms with van der Waals surface area (Å²) in [5.41, 5.74) is 1.06. The third-order valence-electron chi connectivity index (χ3n) is 4.00. The predicted octanol–water partition coefficient (Wildman–Crippen LogP) is 1.99. The highest BCUT2D eigenvalue weighted by Crippen LogP contribution is 2.35. The van der Waals surface area contributed by atoms with Crippen LogP contribution in [0.15, 0.2) is 18.2 Å². The Hall–Kier alpha value is -3.10. The first-order valence-corrected chi connectivity index (χ1v) is 9.38. The van der Waals surface area contributed by atoms with Gasteiger partial charge in [-0.1, -0.05) is 6.07 Å². The zero-order valence-corrected chi connectivity index (χ0v) is 17.3. The molecule has 0 saturated carbocycles. The van der Waals surface area contributed by atoms with Gasteiger partial charge in [0, 0.05) is 19.0 Å². The van der Waals surface area contributed by atoms with E-state index in [1.165, 1.54) is 11.8 Å². The standard InChI is InChI=1S/C20H27N3O6/c1-6-28-18(26)16-9-13-7-8-14(22-12(2)24)10-15(13)23(16)17(25)11-21-19(27)29-20(3,4)5/h7-8,10,16H,6,9,11H2,1-5H3,(H,21,27)(H,22,24)/t16-/m0/s1. The van der Waals surface area contributed by atoms with Gasteiger partial charge in [-0.05, 0) is 45.4 Å². The van der Waals surface area contributed by atoms with Crippen molar-refractivity contribution in [1.29, 1.82) is 0 Å². The number of fused-ring (bicyclic) bond motifs is 1. The van der Waals surface area contributed by atoms with E-state index >= 15 is 0 Å². The number of carbonyl (C=O) groups excluding carboxylic acids is 4. The van der Waals surface area contributed by atoms with Gasteiger partial charge >= 0.3 is 12.1 Å². The van der Waals surface area contributed by atoms with Crippen molar-refractivity contribution in [1.82, 2.24) is 5.32 Å². The van der Waals surface area contributed by atoms with Crippen molar-refractivity contribution in [2.24, 2.45) is 0 Å². The third-order valence-corrected chi connectivity index (χ3v) is 4.00. The number of ether oxygens (including phenoxy) is 2. The van der Waals surface area contributed by atoms with E-state index in [0.717, 1.165) is 5.56 Å². The van der Waals surface area contributed by atoms with Crippen LogP contribution < -0.4 is 15.5 Å². The highest BCUT2D eigenvalue weighted by Gasteiger charge is 2.39. The summed E-state index contributed by atoms with van der Waals surface area (Å²) in [7, 11) is 0. The topological polar surface area (TPSA) is 114 Å². The Morgan fingerprint density at radius 2 is 1.90 bits per heavy atom. The van der Waals surface area contributed by atoms with Crippen molar-refractivity contribution in [3.8, 4) is 0 Å². The number of alkyl carbamates (subject to hydrolysis) is 1. The highest BCUT2D eigenvalue weighted by molar-refractivity contribution is 6.04.